The smallest absolute Gasteiger partial charge is 0.248 e. The number of benzene rings is 1. The third-order valence-corrected chi connectivity index (χ3v) is 5.12. The molecule has 25 heavy (non-hydrogen) atoms. The Morgan fingerprint density at radius 2 is 1.96 bits per heavy atom. The van der Waals surface area contributed by atoms with Gasteiger partial charge >= 0.3 is 0 Å². The third kappa shape index (κ3) is 3.96. The molecule has 1 amide bonds. The average molecular weight is 403 g/mol. The van der Waals surface area contributed by atoms with Gasteiger partial charge in [0.15, 0.2) is 0 Å². The van der Waals surface area contributed by atoms with E-state index in [1.807, 2.05) is 26.0 Å². The molecule has 130 valence electrons. The molecule has 0 atom stereocenters. The van der Waals surface area contributed by atoms with E-state index in [2.05, 4.69) is 55.5 Å². The van der Waals surface area contributed by atoms with Crippen molar-refractivity contribution in [2.24, 2.45) is 0 Å². The van der Waals surface area contributed by atoms with Crippen LogP contribution in [0.3, 0.4) is 0 Å². The maximum Gasteiger partial charge on any atom is 0.248 e. The number of rotatable bonds is 5. The zero-order chi connectivity index (χ0) is 18.0. The molecule has 0 saturated heterocycles. The number of aryl methyl sites for hydroxylation is 2. The highest BCUT2D eigenvalue weighted by Gasteiger charge is 2.13. The van der Waals surface area contributed by atoms with Gasteiger partial charge in [0.05, 0.1) is 22.4 Å². The summed E-state index contributed by atoms with van der Waals surface area (Å²) < 4.78 is 4.28. The number of anilines is 1. The van der Waals surface area contributed by atoms with Gasteiger partial charge in [-0.15, -0.1) is 5.10 Å². The predicted molar refractivity (Wildman–Crippen MR) is 98.3 cm³/mol. The standard InChI is InChI=1S/C17H19BrN6O/c1-11-6-4-5-7-14(11)8-23-10-19-17(22-23)20-15(25)9-24-13(3)16(18)12(2)21-24/h4-7,10H,8-9H2,1-3H3,(H,20,22,25). The lowest BCUT2D eigenvalue weighted by molar-refractivity contribution is -0.117. The number of halogens is 1. The average Bonchev–Trinajstić information content (AvgIpc) is 3.10. The lowest BCUT2D eigenvalue weighted by Crippen LogP contribution is -2.21. The van der Waals surface area contributed by atoms with Crippen molar-refractivity contribution in [2.75, 3.05) is 5.32 Å². The van der Waals surface area contributed by atoms with E-state index < -0.39 is 0 Å². The van der Waals surface area contributed by atoms with Crippen LogP contribution in [0.25, 0.3) is 0 Å². The Bertz CT molecular complexity index is 914. The Morgan fingerprint density at radius 1 is 1.20 bits per heavy atom. The second kappa shape index (κ2) is 7.18. The molecule has 2 aromatic heterocycles. The summed E-state index contributed by atoms with van der Waals surface area (Å²) in [5, 5.41) is 11.3. The quantitative estimate of drug-likeness (QED) is 0.711. The van der Waals surface area contributed by atoms with Crippen LogP contribution in [0.4, 0.5) is 5.95 Å². The zero-order valence-electron chi connectivity index (χ0n) is 14.3. The van der Waals surface area contributed by atoms with E-state index in [1.54, 1.807) is 15.7 Å². The van der Waals surface area contributed by atoms with Crippen LogP contribution in [0, 0.1) is 20.8 Å². The number of carbonyl (C=O) groups is 1. The summed E-state index contributed by atoms with van der Waals surface area (Å²) in [4.78, 5) is 16.3. The predicted octanol–water partition coefficient (Wildman–Crippen LogP) is 2.85. The van der Waals surface area contributed by atoms with E-state index in [0.717, 1.165) is 21.4 Å². The zero-order valence-corrected chi connectivity index (χ0v) is 15.9. The van der Waals surface area contributed by atoms with Crippen LogP contribution in [0.1, 0.15) is 22.5 Å². The van der Waals surface area contributed by atoms with Gasteiger partial charge in [-0.25, -0.2) is 9.67 Å². The molecule has 7 nitrogen and oxygen atoms in total. The monoisotopic (exact) mass is 402 g/mol. The molecule has 1 N–H and O–H groups in total. The van der Waals surface area contributed by atoms with E-state index in [9.17, 15) is 4.79 Å². The fourth-order valence-corrected chi connectivity index (χ4v) is 2.80. The van der Waals surface area contributed by atoms with Crippen molar-refractivity contribution in [3.63, 3.8) is 0 Å². The molecule has 0 radical (unpaired) electrons. The molecular weight excluding hydrogens is 384 g/mol. The van der Waals surface area contributed by atoms with Crippen molar-refractivity contribution in [2.45, 2.75) is 33.9 Å². The molecule has 0 aliphatic heterocycles. The first-order valence-electron chi connectivity index (χ1n) is 7.87. The van der Waals surface area contributed by atoms with Gasteiger partial charge in [0.2, 0.25) is 11.9 Å². The summed E-state index contributed by atoms with van der Waals surface area (Å²) in [6.45, 7) is 6.58. The molecule has 3 aromatic rings. The van der Waals surface area contributed by atoms with Gasteiger partial charge in [-0.2, -0.15) is 5.10 Å². The minimum atomic E-state index is -0.216. The lowest BCUT2D eigenvalue weighted by atomic mass is 10.1. The molecule has 0 spiro atoms. The summed E-state index contributed by atoms with van der Waals surface area (Å²) >= 11 is 3.45. The molecule has 8 heteroatoms. The fraction of sp³-hybridized carbons (Fsp3) is 0.294. The van der Waals surface area contributed by atoms with Crippen molar-refractivity contribution < 1.29 is 4.79 Å². The molecule has 2 heterocycles. The number of hydrogen-bond acceptors (Lipinski definition) is 4. The van der Waals surface area contributed by atoms with Gasteiger partial charge < -0.3 is 0 Å². The first-order valence-corrected chi connectivity index (χ1v) is 8.66. The Labute approximate surface area is 154 Å². The van der Waals surface area contributed by atoms with Gasteiger partial charge in [-0.1, -0.05) is 24.3 Å². The number of amides is 1. The van der Waals surface area contributed by atoms with Crippen LogP contribution in [0.2, 0.25) is 0 Å². The van der Waals surface area contributed by atoms with Gasteiger partial charge in [0, 0.05) is 0 Å². The van der Waals surface area contributed by atoms with Gasteiger partial charge in [-0.3, -0.25) is 14.8 Å². The summed E-state index contributed by atoms with van der Waals surface area (Å²) in [7, 11) is 0. The molecule has 0 aliphatic rings. The first-order chi connectivity index (χ1) is 11.9. The Kier molecular flexibility index (Phi) is 4.98. The molecule has 3 rings (SSSR count). The molecule has 0 unspecified atom stereocenters. The molecular formula is C17H19BrN6O. The van der Waals surface area contributed by atoms with E-state index in [4.69, 9.17) is 0 Å². The van der Waals surface area contributed by atoms with E-state index >= 15 is 0 Å². The number of nitrogens with one attached hydrogen (secondary N) is 1. The minimum absolute atomic E-state index is 0.116. The Morgan fingerprint density at radius 3 is 2.64 bits per heavy atom. The number of carbonyl (C=O) groups excluding carboxylic acids is 1. The summed E-state index contributed by atoms with van der Waals surface area (Å²) in [6, 6.07) is 8.11. The van der Waals surface area contributed by atoms with Crippen molar-refractivity contribution in [1.82, 2.24) is 24.5 Å². The van der Waals surface area contributed by atoms with Crippen molar-refractivity contribution >= 4 is 27.8 Å². The van der Waals surface area contributed by atoms with Crippen LogP contribution >= 0.6 is 15.9 Å². The van der Waals surface area contributed by atoms with E-state index in [0.29, 0.717) is 12.5 Å². The molecule has 1 aromatic carbocycles. The van der Waals surface area contributed by atoms with E-state index in [-0.39, 0.29) is 12.5 Å². The fourth-order valence-electron chi connectivity index (χ4n) is 2.52. The van der Waals surface area contributed by atoms with Crippen LogP contribution in [-0.2, 0) is 17.9 Å². The number of hydrogen-bond donors (Lipinski definition) is 1. The highest BCUT2D eigenvalue weighted by Crippen LogP contribution is 2.19. The topological polar surface area (TPSA) is 77.6 Å². The molecule has 0 aliphatic carbocycles. The van der Waals surface area contributed by atoms with Gasteiger partial charge in [0.25, 0.3) is 0 Å². The number of nitrogens with zero attached hydrogens (tertiary/aromatic N) is 5. The SMILES string of the molecule is Cc1ccccc1Cn1cnc(NC(=O)Cn2nc(C)c(Br)c2C)n1. The second-order valence-corrected chi connectivity index (χ2v) is 6.68. The Hall–Kier alpha value is -2.48. The van der Waals surface area contributed by atoms with Crippen LogP contribution < -0.4 is 5.32 Å². The Balaban J connectivity index is 1.64. The van der Waals surface area contributed by atoms with Crippen LogP contribution in [0.5, 0.6) is 0 Å². The minimum Gasteiger partial charge on any atom is -0.292 e. The maximum atomic E-state index is 12.2. The largest absolute Gasteiger partial charge is 0.292 e. The van der Waals surface area contributed by atoms with Crippen molar-refractivity contribution in [3.8, 4) is 0 Å². The van der Waals surface area contributed by atoms with Gasteiger partial charge in [0.1, 0.15) is 12.9 Å². The lowest BCUT2D eigenvalue weighted by Gasteiger charge is -2.05. The molecule has 0 bridgehead atoms. The van der Waals surface area contributed by atoms with E-state index in [1.165, 1.54) is 5.56 Å². The summed E-state index contributed by atoms with van der Waals surface area (Å²) in [5.74, 6) is 0.0749. The maximum absolute atomic E-state index is 12.2. The van der Waals surface area contributed by atoms with Crippen LogP contribution in [0.15, 0.2) is 35.1 Å². The van der Waals surface area contributed by atoms with Crippen molar-refractivity contribution in [3.05, 3.63) is 57.6 Å². The first kappa shape index (κ1) is 17.3. The summed E-state index contributed by atoms with van der Waals surface area (Å²) in [6.07, 6.45) is 1.61. The second-order valence-electron chi connectivity index (χ2n) is 5.88. The summed E-state index contributed by atoms with van der Waals surface area (Å²) in [5.41, 5.74) is 4.12. The van der Waals surface area contributed by atoms with Crippen molar-refractivity contribution in [1.29, 1.82) is 0 Å². The highest BCUT2D eigenvalue weighted by molar-refractivity contribution is 9.10. The third-order valence-electron chi connectivity index (χ3n) is 3.97. The molecule has 0 saturated carbocycles. The van der Waals surface area contributed by atoms with Crippen LogP contribution in [-0.4, -0.2) is 30.5 Å². The van der Waals surface area contributed by atoms with Gasteiger partial charge in [-0.05, 0) is 47.8 Å². The molecule has 0 fully saturated rings. The number of aromatic nitrogens is 5. The normalized spacial score (nSPS) is 10.9. The highest BCUT2D eigenvalue weighted by atomic mass is 79.9.